The highest BCUT2D eigenvalue weighted by molar-refractivity contribution is 7.89. The topological polar surface area (TPSA) is 58.6 Å². The summed E-state index contributed by atoms with van der Waals surface area (Å²) in [7, 11) is -3.39. The van der Waals surface area contributed by atoms with Crippen LogP contribution in [0.5, 0.6) is 0 Å². The lowest BCUT2D eigenvalue weighted by molar-refractivity contribution is 0.0643. The molecule has 0 aromatic heterocycles. The number of benzene rings is 1. The van der Waals surface area contributed by atoms with Gasteiger partial charge in [0.1, 0.15) is 5.25 Å². The number of halogens is 1. The molecule has 5 nitrogen and oxygen atoms in total. The maximum atomic E-state index is 13.3. The smallest absolute Gasteiger partial charge is 0.221 e. The second kappa shape index (κ2) is 7.49. The van der Waals surface area contributed by atoms with Crippen molar-refractivity contribution in [2.45, 2.75) is 18.1 Å². The predicted octanol–water partition coefficient (Wildman–Crippen LogP) is 2.04. The first-order chi connectivity index (χ1) is 11.1. The molecule has 7 heteroatoms. The summed E-state index contributed by atoms with van der Waals surface area (Å²) in [6.45, 7) is 3.75. The van der Waals surface area contributed by atoms with Gasteiger partial charge in [-0.25, -0.2) is 8.42 Å². The van der Waals surface area contributed by atoms with E-state index >= 15 is 0 Å². The summed E-state index contributed by atoms with van der Waals surface area (Å²) < 4.78 is 33.7. The Morgan fingerprint density at radius 3 is 2.35 bits per heavy atom. The number of ether oxygens (including phenoxy) is 1. The zero-order chi connectivity index (χ0) is 16.3. The molecule has 0 saturated carbocycles. The number of rotatable bonds is 4. The number of sulfonamides is 1. The van der Waals surface area contributed by atoms with Crippen LogP contribution in [0.1, 0.15) is 23.7 Å². The van der Waals surface area contributed by atoms with Gasteiger partial charge in [0.2, 0.25) is 10.0 Å². The minimum absolute atomic E-state index is 0.0878. The van der Waals surface area contributed by atoms with Crippen LogP contribution in [0, 0.1) is 5.92 Å². The Kier molecular flexibility index (Phi) is 5.59. The second-order valence-corrected chi connectivity index (χ2v) is 8.61. The Morgan fingerprint density at radius 2 is 1.74 bits per heavy atom. The number of nitrogens with zero attached hydrogens (tertiary/aromatic N) is 1. The standard InChI is InChI=1S/C16H23ClN2O3S/c17-15-3-1-13(2-4-15)16(14-5-11-22-12-6-14)23(20,21)19-9-7-18-8-10-19/h1-4,14,16,18H,5-12H2. The van der Waals surface area contributed by atoms with Crippen molar-refractivity contribution in [2.75, 3.05) is 39.4 Å². The molecule has 1 N–H and O–H groups in total. The minimum Gasteiger partial charge on any atom is -0.381 e. The van der Waals surface area contributed by atoms with Crippen molar-refractivity contribution < 1.29 is 13.2 Å². The highest BCUT2D eigenvalue weighted by Gasteiger charge is 2.39. The fourth-order valence-electron chi connectivity index (χ4n) is 3.42. The fraction of sp³-hybridized carbons (Fsp3) is 0.625. The third-order valence-electron chi connectivity index (χ3n) is 4.65. The Hall–Kier alpha value is -0.660. The zero-order valence-electron chi connectivity index (χ0n) is 13.1. The zero-order valence-corrected chi connectivity index (χ0v) is 14.7. The van der Waals surface area contributed by atoms with Crippen LogP contribution in [0.25, 0.3) is 0 Å². The molecule has 1 aromatic rings. The average Bonchev–Trinajstić information content (AvgIpc) is 2.58. The van der Waals surface area contributed by atoms with Crippen molar-refractivity contribution >= 4 is 21.6 Å². The van der Waals surface area contributed by atoms with Crippen LogP contribution >= 0.6 is 11.6 Å². The molecule has 0 bridgehead atoms. The van der Waals surface area contributed by atoms with E-state index in [1.165, 1.54) is 0 Å². The number of hydrogen-bond donors (Lipinski definition) is 1. The van der Waals surface area contributed by atoms with Gasteiger partial charge in [0.15, 0.2) is 0 Å². The van der Waals surface area contributed by atoms with Crippen molar-refractivity contribution in [2.24, 2.45) is 5.92 Å². The van der Waals surface area contributed by atoms with Crippen LogP contribution in [0.2, 0.25) is 5.02 Å². The van der Waals surface area contributed by atoms with E-state index in [-0.39, 0.29) is 5.92 Å². The molecule has 1 atom stereocenters. The second-order valence-electron chi connectivity index (χ2n) is 6.12. The highest BCUT2D eigenvalue weighted by atomic mass is 35.5. The highest BCUT2D eigenvalue weighted by Crippen LogP contribution is 2.38. The summed E-state index contributed by atoms with van der Waals surface area (Å²) in [5.41, 5.74) is 0.833. The lowest BCUT2D eigenvalue weighted by Gasteiger charge is -2.36. The van der Waals surface area contributed by atoms with Crippen LogP contribution in [0.15, 0.2) is 24.3 Å². The third kappa shape index (κ3) is 3.88. The minimum atomic E-state index is -3.39. The lowest BCUT2D eigenvalue weighted by Crippen LogP contribution is -2.48. The summed E-state index contributed by atoms with van der Waals surface area (Å²) in [6, 6.07) is 7.25. The van der Waals surface area contributed by atoms with Crippen molar-refractivity contribution in [1.82, 2.24) is 9.62 Å². The monoisotopic (exact) mass is 358 g/mol. The average molecular weight is 359 g/mol. The van der Waals surface area contributed by atoms with Gasteiger partial charge in [-0.1, -0.05) is 23.7 Å². The Labute approximate surface area is 143 Å². The Balaban J connectivity index is 1.94. The molecule has 0 aliphatic carbocycles. The number of nitrogens with one attached hydrogen (secondary N) is 1. The SMILES string of the molecule is O=S(=O)(C(c1ccc(Cl)cc1)C1CCOCC1)N1CCNCC1. The molecule has 1 unspecified atom stereocenters. The molecule has 2 aliphatic rings. The van der Waals surface area contributed by atoms with E-state index in [2.05, 4.69) is 5.32 Å². The molecule has 3 rings (SSSR count). The van der Waals surface area contributed by atoms with Crippen LogP contribution in [-0.4, -0.2) is 52.1 Å². The molecular weight excluding hydrogens is 336 g/mol. The predicted molar refractivity (Wildman–Crippen MR) is 91.1 cm³/mol. The van der Waals surface area contributed by atoms with Gasteiger partial charge in [0.25, 0.3) is 0 Å². The van der Waals surface area contributed by atoms with Gasteiger partial charge in [-0.15, -0.1) is 0 Å². The fourth-order valence-corrected chi connectivity index (χ4v) is 5.82. The molecule has 2 fully saturated rings. The van der Waals surface area contributed by atoms with Crippen LogP contribution < -0.4 is 5.32 Å². The molecule has 0 radical (unpaired) electrons. The molecule has 128 valence electrons. The van der Waals surface area contributed by atoms with E-state index in [4.69, 9.17) is 16.3 Å². The maximum Gasteiger partial charge on any atom is 0.221 e. The van der Waals surface area contributed by atoms with Gasteiger partial charge in [-0.3, -0.25) is 0 Å². The van der Waals surface area contributed by atoms with Gasteiger partial charge in [-0.05, 0) is 36.5 Å². The molecule has 2 heterocycles. The van der Waals surface area contributed by atoms with Gasteiger partial charge in [-0.2, -0.15) is 4.31 Å². The molecule has 23 heavy (non-hydrogen) atoms. The summed E-state index contributed by atoms with van der Waals surface area (Å²) >= 11 is 5.98. The maximum absolute atomic E-state index is 13.3. The molecule has 0 spiro atoms. The van der Waals surface area contributed by atoms with Gasteiger partial charge in [0.05, 0.1) is 0 Å². The Morgan fingerprint density at radius 1 is 1.13 bits per heavy atom. The van der Waals surface area contributed by atoms with Gasteiger partial charge in [0, 0.05) is 44.4 Å². The largest absolute Gasteiger partial charge is 0.381 e. The van der Waals surface area contributed by atoms with Crippen molar-refractivity contribution in [3.63, 3.8) is 0 Å². The van der Waals surface area contributed by atoms with Gasteiger partial charge >= 0.3 is 0 Å². The van der Waals surface area contributed by atoms with E-state index in [1.54, 1.807) is 16.4 Å². The van der Waals surface area contributed by atoms with E-state index in [0.29, 0.717) is 44.4 Å². The lowest BCUT2D eigenvalue weighted by atomic mass is 9.92. The summed E-state index contributed by atoms with van der Waals surface area (Å²) in [6.07, 6.45) is 1.55. The summed E-state index contributed by atoms with van der Waals surface area (Å²) in [4.78, 5) is 0. The molecule has 0 amide bonds. The molecule has 2 aliphatic heterocycles. The van der Waals surface area contributed by atoms with Crippen LogP contribution in [-0.2, 0) is 14.8 Å². The normalized spacial score (nSPS) is 22.8. The van der Waals surface area contributed by atoms with Crippen LogP contribution in [0.4, 0.5) is 0 Å². The third-order valence-corrected chi connectivity index (χ3v) is 7.29. The van der Waals surface area contributed by atoms with Crippen LogP contribution in [0.3, 0.4) is 0 Å². The van der Waals surface area contributed by atoms with E-state index < -0.39 is 15.3 Å². The van der Waals surface area contributed by atoms with Crippen molar-refractivity contribution in [1.29, 1.82) is 0 Å². The van der Waals surface area contributed by atoms with Crippen molar-refractivity contribution in [3.05, 3.63) is 34.9 Å². The molecule has 2 saturated heterocycles. The molecular formula is C16H23ClN2O3S. The summed E-state index contributed by atoms with van der Waals surface area (Å²) in [5, 5.41) is 3.32. The quantitative estimate of drug-likeness (QED) is 0.894. The first kappa shape index (κ1) is 17.2. The first-order valence-corrected chi connectivity index (χ1v) is 10.00. The summed E-state index contributed by atoms with van der Waals surface area (Å²) in [5.74, 6) is 0.0878. The Bertz CT molecular complexity index is 609. The first-order valence-electron chi connectivity index (χ1n) is 8.12. The van der Waals surface area contributed by atoms with Gasteiger partial charge < -0.3 is 10.1 Å². The van der Waals surface area contributed by atoms with E-state index in [9.17, 15) is 8.42 Å². The van der Waals surface area contributed by atoms with E-state index in [0.717, 1.165) is 18.4 Å². The van der Waals surface area contributed by atoms with Crippen molar-refractivity contribution in [3.8, 4) is 0 Å². The number of hydrogen-bond acceptors (Lipinski definition) is 4. The van der Waals surface area contributed by atoms with E-state index in [1.807, 2.05) is 12.1 Å². The number of piperazine rings is 1. The molecule has 1 aromatic carbocycles.